The molecular weight excluding hydrogens is 174 g/mol. The van der Waals surface area contributed by atoms with Crippen LogP contribution in [0.1, 0.15) is 5.56 Å². The molecule has 0 radical (unpaired) electrons. The molecule has 1 N–H and O–H groups in total. The minimum atomic E-state index is -0.450. The zero-order valence-corrected chi connectivity index (χ0v) is 7.06. The van der Waals surface area contributed by atoms with E-state index in [4.69, 9.17) is 9.84 Å². The molecule has 0 amide bonds. The van der Waals surface area contributed by atoms with Gasteiger partial charge in [-0.2, -0.15) is 0 Å². The summed E-state index contributed by atoms with van der Waals surface area (Å²) < 4.78 is 4.86. The lowest BCUT2D eigenvalue weighted by molar-refractivity contribution is -0.496. The molecule has 1 rings (SSSR count). The van der Waals surface area contributed by atoms with Crippen molar-refractivity contribution in [2.24, 2.45) is 0 Å². The van der Waals surface area contributed by atoms with Crippen LogP contribution in [-0.4, -0.2) is 17.1 Å². The second-order valence-electron chi connectivity index (χ2n) is 2.49. The van der Waals surface area contributed by atoms with Crippen molar-refractivity contribution in [2.45, 2.75) is 6.54 Å². The van der Waals surface area contributed by atoms with Crippen LogP contribution in [0, 0.1) is 10.1 Å². The van der Waals surface area contributed by atoms with Crippen molar-refractivity contribution in [3.8, 4) is 11.5 Å². The van der Waals surface area contributed by atoms with Gasteiger partial charge in [-0.25, -0.2) is 0 Å². The van der Waals surface area contributed by atoms with Crippen LogP contribution in [0.5, 0.6) is 11.5 Å². The van der Waals surface area contributed by atoms with E-state index in [2.05, 4.69) is 0 Å². The molecule has 1 aromatic carbocycles. The zero-order valence-electron chi connectivity index (χ0n) is 7.06. The van der Waals surface area contributed by atoms with E-state index in [1.54, 1.807) is 0 Å². The fraction of sp³-hybridized carbons (Fsp3) is 0.250. The number of nitrogens with zero attached hydrogens (tertiary/aromatic N) is 1. The van der Waals surface area contributed by atoms with Crippen LogP contribution in [0.3, 0.4) is 0 Å². The van der Waals surface area contributed by atoms with Crippen molar-refractivity contribution in [2.75, 3.05) is 7.11 Å². The van der Waals surface area contributed by atoms with Gasteiger partial charge in [0.05, 0.1) is 12.7 Å². The summed E-state index contributed by atoms with van der Waals surface area (Å²) in [6.45, 7) is -0.302. The smallest absolute Gasteiger partial charge is 0.232 e. The van der Waals surface area contributed by atoms with Gasteiger partial charge in [-0.05, 0) is 12.1 Å². The van der Waals surface area contributed by atoms with Gasteiger partial charge in [0.1, 0.15) is 11.5 Å². The summed E-state index contributed by atoms with van der Waals surface area (Å²) in [7, 11) is 1.40. The normalized spacial score (nSPS) is 9.62. The molecule has 70 valence electrons. The largest absolute Gasteiger partial charge is 0.508 e. The summed E-state index contributed by atoms with van der Waals surface area (Å²) in [5, 5.41) is 19.3. The summed E-state index contributed by atoms with van der Waals surface area (Å²) in [6.07, 6.45) is 0. The lowest BCUT2D eigenvalue weighted by atomic mass is 10.2. The molecular formula is C8H9NO4. The van der Waals surface area contributed by atoms with E-state index < -0.39 is 4.92 Å². The summed E-state index contributed by atoms with van der Waals surface area (Å²) >= 11 is 0. The van der Waals surface area contributed by atoms with Gasteiger partial charge in [-0.15, -0.1) is 0 Å². The first kappa shape index (κ1) is 9.31. The SMILES string of the molecule is COc1cc(O)ccc1C[N+](=O)[O-]. The van der Waals surface area contributed by atoms with E-state index in [1.165, 1.54) is 25.3 Å². The maximum absolute atomic E-state index is 10.2. The second-order valence-corrected chi connectivity index (χ2v) is 2.49. The number of nitro groups is 1. The Morgan fingerprint density at radius 2 is 2.31 bits per heavy atom. The second kappa shape index (κ2) is 3.75. The molecule has 0 aliphatic carbocycles. The van der Waals surface area contributed by atoms with Crippen LogP contribution < -0.4 is 4.74 Å². The minimum absolute atomic E-state index is 0.0314. The quantitative estimate of drug-likeness (QED) is 0.564. The average molecular weight is 183 g/mol. The highest BCUT2D eigenvalue weighted by Crippen LogP contribution is 2.23. The number of methoxy groups -OCH3 is 1. The number of phenolic OH excluding ortho intramolecular Hbond substituents is 1. The third-order valence-corrected chi connectivity index (χ3v) is 1.57. The molecule has 0 aromatic heterocycles. The van der Waals surface area contributed by atoms with E-state index in [9.17, 15) is 10.1 Å². The topological polar surface area (TPSA) is 72.6 Å². The first-order valence-corrected chi connectivity index (χ1v) is 3.61. The van der Waals surface area contributed by atoms with E-state index in [-0.39, 0.29) is 12.3 Å². The number of hydrogen-bond donors (Lipinski definition) is 1. The summed E-state index contributed by atoms with van der Waals surface area (Å²) in [4.78, 5) is 9.76. The standard InChI is InChI=1S/C8H9NO4/c1-13-8-4-7(10)3-2-6(8)5-9(11)12/h2-4,10H,5H2,1H3. The molecule has 0 heterocycles. The number of phenols is 1. The van der Waals surface area contributed by atoms with Gasteiger partial charge >= 0.3 is 0 Å². The van der Waals surface area contributed by atoms with Crippen molar-refractivity contribution >= 4 is 0 Å². The molecule has 0 saturated carbocycles. The van der Waals surface area contributed by atoms with E-state index in [1.807, 2.05) is 0 Å². The van der Waals surface area contributed by atoms with Gasteiger partial charge in [0.25, 0.3) is 0 Å². The number of aromatic hydroxyl groups is 1. The number of ether oxygens (including phenoxy) is 1. The van der Waals surface area contributed by atoms with Crippen LogP contribution in [0.25, 0.3) is 0 Å². The summed E-state index contributed by atoms with van der Waals surface area (Å²) in [5.74, 6) is 0.362. The average Bonchev–Trinajstić information content (AvgIpc) is 2.07. The fourth-order valence-electron chi connectivity index (χ4n) is 1.00. The third kappa shape index (κ3) is 2.33. The molecule has 0 atom stereocenters. The fourth-order valence-corrected chi connectivity index (χ4v) is 1.00. The predicted octanol–water partition coefficient (Wildman–Crippen LogP) is 1.18. The lowest BCUT2D eigenvalue weighted by Gasteiger charge is -2.04. The Kier molecular flexibility index (Phi) is 2.69. The van der Waals surface area contributed by atoms with E-state index in [0.717, 1.165) is 0 Å². The Hall–Kier alpha value is -1.78. The monoisotopic (exact) mass is 183 g/mol. The van der Waals surface area contributed by atoms with E-state index in [0.29, 0.717) is 11.3 Å². The molecule has 5 nitrogen and oxygen atoms in total. The van der Waals surface area contributed by atoms with Crippen molar-refractivity contribution in [1.82, 2.24) is 0 Å². The van der Waals surface area contributed by atoms with Gasteiger partial charge in [-0.1, -0.05) is 0 Å². The van der Waals surface area contributed by atoms with Crippen LogP contribution >= 0.6 is 0 Å². The molecule has 0 fully saturated rings. The Balaban J connectivity index is 2.99. The van der Waals surface area contributed by atoms with Crippen LogP contribution in [0.2, 0.25) is 0 Å². The molecule has 5 heteroatoms. The van der Waals surface area contributed by atoms with Crippen LogP contribution in [0.4, 0.5) is 0 Å². The van der Waals surface area contributed by atoms with Gasteiger partial charge in [-0.3, -0.25) is 10.1 Å². The van der Waals surface area contributed by atoms with Gasteiger partial charge in [0, 0.05) is 11.0 Å². The number of hydrogen-bond acceptors (Lipinski definition) is 4. The number of rotatable bonds is 3. The van der Waals surface area contributed by atoms with Crippen molar-refractivity contribution in [3.05, 3.63) is 33.9 Å². The zero-order chi connectivity index (χ0) is 9.84. The third-order valence-electron chi connectivity index (χ3n) is 1.57. The predicted molar refractivity (Wildman–Crippen MR) is 45.4 cm³/mol. The van der Waals surface area contributed by atoms with Gasteiger partial charge in [0.15, 0.2) is 0 Å². The van der Waals surface area contributed by atoms with Gasteiger partial charge in [0.2, 0.25) is 6.54 Å². The molecule has 0 saturated heterocycles. The van der Waals surface area contributed by atoms with Crippen LogP contribution in [0.15, 0.2) is 18.2 Å². The lowest BCUT2D eigenvalue weighted by Crippen LogP contribution is -2.00. The van der Waals surface area contributed by atoms with Crippen molar-refractivity contribution in [3.63, 3.8) is 0 Å². The molecule has 0 bridgehead atoms. The summed E-state index contributed by atoms with van der Waals surface area (Å²) in [5.41, 5.74) is 0.449. The van der Waals surface area contributed by atoms with Gasteiger partial charge < -0.3 is 9.84 Å². The highest BCUT2D eigenvalue weighted by Gasteiger charge is 2.09. The Morgan fingerprint density at radius 3 is 2.85 bits per heavy atom. The summed E-state index contributed by atoms with van der Waals surface area (Å²) in [6, 6.07) is 4.21. The minimum Gasteiger partial charge on any atom is -0.508 e. The number of benzene rings is 1. The Bertz CT molecular complexity index is 324. The Morgan fingerprint density at radius 1 is 1.62 bits per heavy atom. The molecule has 0 aliphatic heterocycles. The van der Waals surface area contributed by atoms with Crippen molar-refractivity contribution in [1.29, 1.82) is 0 Å². The Labute approximate surface area is 74.7 Å². The first-order valence-electron chi connectivity index (χ1n) is 3.61. The van der Waals surface area contributed by atoms with E-state index >= 15 is 0 Å². The highest BCUT2D eigenvalue weighted by atomic mass is 16.6. The molecule has 0 unspecified atom stereocenters. The van der Waals surface area contributed by atoms with Crippen molar-refractivity contribution < 1.29 is 14.8 Å². The maximum Gasteiger partial charge on any atom is 0.232 e. The molecule has 1 aromatic rings. The molecule has 0 aliphatic rings. The molecule has 13 heavy (non-hydrogen) atoms. The highest BCUT2D eigenvalue weighted by molar-refractivity contribution is 5.39. The first-order chi connectivity index (χ1) is 6.13. The maximum atomic E-state index is 10.2. The molecule has 0 spiro atoms. The van der Waals surface area contributed by atoms with Crippen LogP contribution in [-0.2, 0) is 6.54 Å².